The van der Waals surface area contributed by atoms with Crippen molar-refractivity contribution in [2.75, 3.05) is 19.7 Å². The smallest absolute Gasteiger partial charge is 0.326 e. The van der Waals surface area contributed by atoms with E-state index in [0.717, 1.165) is 24.9 Å². The van der Waals surface area contributed by atoms with E-state index in [4.69, 9.17) is 4.74 Å². The fourth-order valence-corrected chi connectivity index (χ4v) is 3.02. The Bertz CT molecular complexity index is 351. The van der Waals surface area contributed by atoms with Crippen molar-refractivity contribution in [2.24, 2.45) is 5.92 Å². The second-order valence-electron chi connectivity index (χ2n) is 7.27. The van der Waals surface area contributed by atoms with Gasteiger partial charge in [0, 0.05) is 25.2 Å². The van der Waals surface area contributed by atoms with Crippen LogP contribution in [0.1, 0.15) is 59.8 Å². The molecule has 2 saturated carbocycles. The van der Waals surface area contributed by atoms with Gasteiger partial charge in [-0.25, -0.2) is 0 Å². The Labute approximate surface area is 129 Å². The molecule has 4 heteroatoms. The summed E-state index contributed by atoms with van der Waals surface area (Å²) in [6, 6.07) is 1.05. The van der Waals surface area contributed by atoms with Crippen LogP contribution in [-0.2, 0) is 9.53 Å². The lowest BCUT2D eigenvalue weighted by Crippen LogP contribution is -2.54. The zero-order valence-corrected chi connectivity index (χ0v) is 14.2. The minimum atomic E-state index is -0.569. The minimum Gasteiger partial charge on any atom is -0.465 e. The molecule has 0 amide bonds. The number of nitrogens with zero attached hydrogens (tertiary/aromatic N) is 1. The monoisotopic (exact) mass is 296 g/mol. The van der Waals surface area contributed by atoms with Crippen molar-refractivity contribution in [1.82, 2.24) is 10.2 Å². The average molecular weight is 296 g/mol. The topological polar surface area (TPSA) is 41.6 Å². The van der Waals surface area contributed by atoms with Crippen molar-refractivity contribution in [1.29, 1.82) is 0 Å². The normalized spacial score (nSPS) is 21.6. The third kappa shape index (κ3) is 5.26. The Kier molecular flexibility index (Phi) is 5.67. The highest BCUT2D eigenvalue weighted by molar-refractivity contribution is 5.80. The van der Waals surface area contributed by atoms with E-state index < -0.39 is 5.54 Å². The summed E-state index contributed by atoms with van der Waals surface area (Å²) in [7, 11) is 0. The number of esters is 1. The molecule has 0 saturated heterocycles. The van der Waals surface area contributed by atoms with Gasteiger partial charge in [0.2, 0.25) is 0 Å². The maximum Gasteiger partial charge on any atom is 0.326 e. The Morgan fingerprint density at radius 2 is 2.00 bits per heavy atom. The molecule has 0 aromatic heterocycles. The lowest BCUT2D eigenvalue weighted by molar-refractivity contribution is -0.151. The zero-order chi connectivity index (χ0) is 15.5. The quantitative estimate of drug-likeness (QED) is 0.629. The van der Waals surface area contributed by atoms with Gasteiger partial charge in [0.25, 0.3) is 0 Å². The zero-order valence-electron chi connectivity index (χ0n) is 14.2. The molecule has 21 heavy (non-hydrogen) atoms. The van der Waals surface area contributed by atoms with Gasteiger partial charge < -0.3 is 9.64 Å². The third-order valence-corrected chi connectivity index (χ3v) is 4.49. The van der Waals surface area contributed by atoms with Gasteiger partial charge in [-0.2, -0.15) is 0 Å². The van der Waals surface area contributed by atoms with Gasteiger partial charge in [-0.15, -0.1) is 0 Å². The molecule has 1 unspecified atom stereocenters. The molecule has 0 aromatic rings. The summed E-state index contributed by atoms with van der Waals surface area (Å²) in [5.74, 6) is 0.804. The highest BCUT2D eigenvalue weighted by Crippen LogP contribution is 2.35. The van der Waals surface area contributed by atoms with E-state index in [-0.39, 0.29) is 12.0 Å². The molecular weight excluding hydrogens is 264 g/mol. The predicted octanol–water partition coefficient (Wildman–Crippen LogP) is 2.57. The summed E-state index contributed by atoms with van der Waals surface area (Å²) in [4.78, 5) is 14.9. The van der Waals surface area contributed by atoms with Gasteiger partial charge in [0.05, 0.1) is 6.61 Å². The van der Waals surface area contributed by atoms with E-state index in [1.54, 1.807) is 0 Å². The van der Waals surface area contributed by atoms with Crippen molar-refractivity contribution < 1.29 is 9.53 Å². The summed E-state index contributed by atoms with van der Waals surface area (Å²) in [5, 5.41) is 3.42. The van der Waals surface area contributed by atoms with Crippen LogP contribution in [0.5, 0.6) is 0 Å². The Balaban J connectivity index is 1.90. The molecule has 122 valence electrons. The molecule has 4 nitrogen and oxygen atoms in total. The summed E-state index contributed by atoms with van der Waals surface area (Å²) < 4.78 is 5.29. The number of rotatable bonds is 10. The van der Waals surface area contributed by atoms with Crippen molar-refractivity contribution in [3.05, 3.63) is 0 Å². The van der Waals surface area contributed by atoms with E-state index in [1.807, 2.05) is 13.8 Å². The van der Waals surface area contributed by atoms with Crippen LogP contribution >= 0.6 is 0 Å². The maximum atomic E-state index is 12.3. The molecule has 0 heterocycles. The fraction of sp³-hybridized carbons (Fsp3) is 0.941. The first-order chi connectivity index (χ1) is 9.94. The predicted molar refractivity (Wildman–Crippen MR) is 85.2 cm³/mol. The number of hydrogen-bond donors (Lipinski definition) is 1. The lowest BCUT2D eigenvalue weighted by atomic mass is 9.96. The van der Waals surface area contributed by atoms with Crippen LogP contribution < -0.4 is 5.32 Å². The highest BCUT2D eigenvalue weighted by atomic mass is 16.5. The van der Waals surface area contributed by atoms with E-state index in [9.17, 15) is 4.79 Å². The van der Waals surface area contributed by atoms with Crippen molar-refractivity contribution in [3.8, 4) is 0 Å². The van der Waals surface area contributed by atoms with Gasteiger partial charge >= 0.3 is 5.97 Å². The van der Waals surface area contributed by atoms with E-state index in [0.29, 0.717) is 6.61 Å². The van der Waals surface area contributed by atoms with Crippen LogP contribution in [0.4, 0.5) is 0 Å². The standard InChI is InChI=1S/C17H32N2O2/c1-5-21-16(20)17(4,18-13(2)3)10-11-19(15-8-9-15)12-14-6-7-14/h13-15,18H,5-12H2,1-4H3. The number of carbonyl (C=O) groups is 1. The molecule has 2 fully saturated rings. The van der Waals surface area contributed by atoms with Gasteiger partial charge in [-0.05, 0) is 65.7 Å². The molecule has 0 aromatic carbocycles. The van der Waals surface area contributed by atoms with Gasteiger partial charge in [0.1, 0.15) is 5.54 Å². The summed E-state index contributed by atoms with van der Waals surface area (Å²) in [5.41, 5.74) is -0.569. The molecule has 2 rings (SSSR count). The van der Waals surface area contributed by atoms with Crippen LogP contribution in [0.2, 0.25) is 0 Å². The summed E-state index contributed by atoms with van der Waals surface area (Å²) >= 11 is 0. The maximum absolute atomic E-state index is 12.3. The molecule has 0 spiro atoms. The molecule has 0 aliphatic heterocycles. The lowest BCUT2D eigenvalue weighted by Gasteiger charge is -2.33. The summed E-state index contributed by atoms with van der Waals surface area (Å²) in [6.07, 6.45) is 6.28. The Hall–Kier alpha value is -0.610. The largest absolute Gasteiger partial charge is 0.465 e. The van der Waals surface area contributed by atoms with E-state index >= 15 is 0 Å². The first-order valence-corrected chi connectivity index (χ1v) is 8.63. The van der Waals surface area contributed by atoms with Crippen molar-refractivity contribution in [3.63, 3.8) is 0 Å². The molecule has 1 atom stereocenters. The molecule has 2 aliphatic carbocycles. The molecule has 0 radical (unpaired) electrons. The number of ether oxygens (including phenoxy) is 1. The summed E-state index contributed by atoms with van der Waals surface area (Å²) in [6.45, 7) is 10.7. The number of nitrogens with one attached hydrogen (secondary N) is 1. The number of hydrogen-bond acceptors (Lipinski definition) is 4. The van der Waals surface area contributed by atoms with Gasteiger partial charge in [-0.3, -0.25) is 10.1 Å². The molecule has 1 N–H and O–H groups in total. The average Bonchev–Trinajstić information content (AvgIpc) is 3.25. The van der Waals surface area contributed by atoms with Gasteiger partial charge in [-0.1, -0.05) is 0 Å². The fourth-order valence-electron chi connectivity index (χ4n) is 3.02. The van der Waals surface area contributed by atoms with Gasteiger partial charge in [0.15, 0.2) is 0 Å². The SMILES string of the molecule is CCOC(=O)C(C)(CCN(CC1CC1)C1CC1)NC(C)C. The number of carbonyl (C=O) groups excluding carboxylic acids is 1. The minimum absolute atomic E-state index is 0.110. The highest BCUT2D eigenvalue weighted by Gasteiger charge is 2.38. The first kappa shape index (κ1) is 16.8. The van der Waals surface area contributed by atoms with Crippen molar-refractivity contribution in [2.45, 2.75) is 77.4 Å². The van der Waals surface area contributed by atoms with Crippen LogP contribution in [-0.4, -0.2) is 48.2 Å². The second kappa shape index (κ2) is 7.10. The Morgan fingerprint density at radius 3 is 2.48 bits per heavy atom. The second-order valence-corrected chi connectivity index (χ2v) is 7.27. The molecule has 2 aliphatic rings. The molecular formula is C17H32N2O2. The van der Waals surface area contributed by atoms with Crippen LogP contribution in [0.25, 0.3) is 0 Å². The Morgan fingerprint density at radius 1 is 1.33 bits per heavy atom. The van der Waals surface area contributed by atoms with E-state index in [1.165, 1.54) is 32.2 Å². The third-order valence-electron chi connectivity index (χ3n) is 4.49. The molecule has 0 bridgehead atoms. The first-order valence-electron chi connectivity index (χ1n) is 8.63. The van der Waals surface area contributed by atoms with Crippen LogP contribution in [0.15, 0.2) is 0 Å². The van der Waals surface area contributed by atoms with Crippen molar-refractivity contribution >= 4 is 5.97 Å². The van der Waals surface area contributed by atoms with E-state index in [2.05, 4.69) is 24.1 Å². The van der Waals surface area contributed by atoms with Crippen LogP contribution in [0, 0.1) is 5.92 Å². The van der Waals surface area contributed by atoms with Crippen LogP contribution in [0.3, 0.4) is 0 Å².